The quantitative estimate of drug-likeness (QED) is 0.0608. The van der Waals surface area contributed by atoms with Crippen LogP contribution in [0.15, 0.2) is 0 Å². The van der Waals surface area contributed by atoms with Gasteiger partial charge in [-0.05, 0) is 44.1 Å². The third-order valence-electron chi connectivity index (χ3n) is 16.9. The maximum absolute atomic E-state index is 4.86. The first-order chi connectivity index (χ1) is 35.8. The molecule has 425 valence electrons. The minimum Gasteiger partial charge on any atom is -0.230 e. The normalized spacial score (nSPS) is 11.7. The largest absolute Gasteiger partial charge is 0.230 e. The molecular formula is C70H135N2. The maximum Gasteiger partial charge on any atom is 0.198 e. The van der Waals surface area contributed by atoms with Crippen molar-refractivity contribution in [3.8, 4) is 0 Å². The number of rotatable bonds is 63. The molecule has 2 heteroatoms. The lowest BCUT2D eigenvalue weighted by molar-refractivity contribution is 0.520. The number of hydrogen-bond donors (Lipinski definition) is 0. The number of aromatic nitrogens is 2. The molecule has 72 heavy (non-hydrogen) atoms. The van der Waals surface area contributed by atoms with E-state index in [1.807, 2.05) is 0 Å². The molecule has 0 amide bonds. The van der Waals surface area contributed by atoms with E-state index in [2.05, 4.69) is 27.1 Å². The van der Waals surface area contributed by atoms with Crippen LogP contribution in [0.25, 0.3) is 0 Å². The molecule has 0 N–H and O–H groups in total. The number of nitrogens with zero attached hydrogens (tertiary/aromatic N) is 2. The highest BCUT2D eigenvalue weighted by atomic mass is 14.8. The Morgan fingerprint density at radius 1 is 0.181 bits per heavy atom. The van der Waals surface area contributed by atoms with Crippen molar-refractivity contribution < 1.29 is 0 Å². The highest BCUT2D eigenvalue weighted by Gasteiger charge is 2.12. The molecule has 0 aromatic carbocycles. The van der Waals surface area contributed by atoms with Gasteiger partial charge in [0.1, 0.15) is 0 Å². The lowest BCUT2D eigenvalue weighted by Gasteiger charge is -2.13. The van der Waals surface area contributed by atoms with Crippen molar-refractivity contribution >= 4 is 0 Å². The zero-order chi connectivity index (χ0) is 51.4. The van der Waals surface area contributed by atoms with Gasteiger partial charge in [0, 0.05) is 11.4 Å². The standard InChI is InChI=1S/C70H135N2/c1-4-7-10-13-16-19-22-25-28-31-34-37-40-43-46-49-52-55-58-61-64-68-69(65-62-59-56-53-50-47-44-41-38-35-32-29-26-23-20-17-14-11-8-5-2)71-67-72-70(68)66-63-60-57-54-51-48-45-42-39-36-33-30-27-24-21-18-15-12-9-6-3/h4-66H2,1-3H3. The van der Waals surface area contributed by atoms with Crippen molar-refractivity contribution in [1.29, 1.82) is 0 Å². The van der Waals surface area contributed by atoms with Crippen LogP contribution in [0, 0.1) is 6.33 Å². The molecule has 0 saturated heterocycles. The Balaban J connectivity index is 2.26. The van der Waals surface area contributed by atoms with Gasteiger partial charge in [-0.3, -0.25) is 0 Å². The molecule has 1 heterocycles. The fraction of sp³-hybridized carbons (Fsp3) is 0.943. The number of aryl methyl sites for hydroxylation is 2. The zero-order valence-electron chi connectivity index (χ0n) is 50.4. The highest BCUT2D eigenvalue weighted by molar-refractivity contribution is 5.25. The van der Waals surface area contributed by atoms with Gasteiger partial charge >= 0.3 is 0 Å². The van der Waals surface area contributed by atoms with Crippen LogP contribution >= 0.6 is 0 Å². The predicted octanol–water partition coefficient (Wildman–Crippen LogP) is 25.4. The van der Waals surface area contributed by atoms with E-state index in [0.717, 1.165) is 12.8 Å². The monoisotopic (exact) mass is 1000 g/mol. The van der Waals surface area contributed by atoms with E-state index in [4.69, 9.17) is 9.97 Å². The molecule has 0 aliphatic carbocycles. The van der Waals surface area contributed by atoms with Crippen molar-refractivity contribution in [2.24, 2.45) is 0 Å². The summed E-state index contributed by atoms with van der Waals surface area (Å²) < 4.78 is 0. The highest BCUT2D eigenvalue weighted by Crippen LogP contribution is 2.23. The average Bonchev–Trinajstić information content (AvgIpc) is 3.39. The van der Waals surface area contributed by atoms with Crippen molar-refractivity contribution in [2.75, 3.05) is 0 Å². The predicted molar refractivity (Wildman–Crippen MR) is 326 cm³/mol. The maximum atomic E-state index is 4.86. The van der Waals surface area contributed by atoms with Crippen LogP contribution in [-0.2, 0) is 19.3 Å². The Labute approximate surface area is 456 Å². The summed E-state index contributed by atoms with van der Waals surface area (Å²) >= 11 is 0. The molecule has 0 unspecified atom stereocenters. The minimum atomic E-state index is 1.14. The first-order valence-electron chi connectivity index (χ1n) is 34.6. The van der Waals surface area contributed by atoms with Crippen LogP contribution in [0.3, 0.4) is 0 Å². The van der Waals surface area contributed by atoms with E-state index in [-0.39, 0.29) is 0 Å². The summed E-state index contributed by atoms with van der Waals surface area (Å²) in [4.78, 5) is 9.72. The fourth-order valence-corrected chi connectivity index (χ4v) is 11.8. The second-order valence-electron chi connectivity index (χ2n) is 24.1. The Morgan fingerprint density at radius 2 is 0.319 bits per heavy atom. The molecule has 0 spiro atoms. The van der Waals surface area contributed by atoms with Crippen molar-refractivity contribution in [2.45, 2.75) is 425 Å². The number of hydrogen-bond acceptors (Lipinski definition) is 2. The van der Waals surface area contributed by atoms with Crippen LogP contribution in [-0.4, -0.2) is 9.97 Å². The SMILES string of the molecule is CCCCCCCCCCCCCCCCCCCCCCc1n[c]nc(CCCCCCCCCCCCCCCCCCCCCC)c1CCCCCCCCCCCCCCCCCCCCCC. The summed E-state index contributed by atoms with van der Waals surface area (Å²) in [5.41, 5.74) is 4.24. The van der Waals surface area contributed by atoms with Gasteiger partial charge < -0.3 is 0 Å². The van der Waals surface area contributed by atoms with Crippen LogP contribution in [0.1, 0.15) is 423 Å². The van der Waals surface area contributed by atoms with Gasteiger partial charge in [-0.15, -0.1) is 0 Å². The third-order valence-corrected chi connectivity index (χ3v) is 16.9. The van der Waals surface area contributed by atoms with Gasteiger partial charge in [-0.25, -0.2) is 9.97 Å². The van der Waals surface area contributed by atoms with E-state index in [0.29, 0.717) is 0 Å². The van der Waals surface area contributed by atoms with Crippen LogP contribution < -0.4 is 0 Å². The van der Waals surface area contributed by atoms with Gasteiger partial charge in [0.05, 0.1) is 0 Å². The molecular weight excluding hydrogens is 869 g/mol. The smallest absolute Gasteiger partial charge is 0.198 e. The van der Waals surface area contributed by atoms with Gasteiger partial charge in [0.2, 0.25) is 0 Å². The second kappa shape index (κ2) is 60.9. The third kappa shape index (κ3) is 51.2. The van der Waals surface area contributed by atoms with Crippen LogP contribution in [0.4, 0.5) is 0 Å². The molecule has 0 atom stereocenters. The number of unbranched alkanes of at least 4 members (excludes halogenated alkanes) is 57. The van der Waals surface area contributed by atoms with Crippen molar-refractivity contribution in [3.05, 3.63) is 23.3 Å². The van der Waals surface area contributed by atoms with E-state index in [1.54, 1.807) is 0 Å². The molecule has 0 bridgehead atoms. The molecule has 2 nitrogen and oxygen atoms in total. The van der Waals surface area contributed by atoms with Crippen molar-refractivity contribution in [1.82, 2.24) is 9.97 Å². The van der Waals surface area contributed by atoms with E-state index in [9.17, 15) is 0 Å². The Kier molecular flexibility index (Phi) is 58.5. The van der Waals surface area contributed by atoms with Gasteiger partial charge in [-0.2, -0.15) is 0 Å². The first-order valence-corrected chi connectivity index (χ1v) is 34.6. The van der Waals surface area contributed by atoms with Crippen LogP contribution in [0.5, 0.6) is 0 Å². The summed E-state index contributed by atoms with van der Waals surface area (Å²) in [7, 11) is 0. The lowest BCUT2D eigenvalue weighted by atomic mass is 9.96. The molecule has 1 aromatic heterocycles. The Hall–Kier alpha value is -0.920. The molecule has 0 aliphatic rings. The van der Waals surface area contributed by atoms with Crippen molar-refractivity contribution in [3.63, 3.8) is 0 Å². The molecule has 1 rings (SSSR count). The summed E-state index contributed by atoms with van der Waals surface area (Å²) in [5, 5.41) is 0. The molecule has 1 radical (unpaired) electrons. The molecule has 1 aromatic rings. The van der Waals surface area contributed by atoms with Gasteiger partial charge in [0.25, 0.3) is 0 Å². The van der Waals surface area contributed by atoms with E-state index in [1.165, 1.54) is 409 Å². The molecule has 0 aliphatic heterocycles. The Morgan fingerprint density at radius 3 is 0.486 bits per heavy atom. The topological polar surface area (TPSA) is 25.8 Å². The van der Waals surface area contributed by atoms with Gasteiger partial charge in [0.15, 0.2) is 6.33 Å². The second-order valence-corrected chi connectivity index (χ2v) is 24.1. The fourth-order valence-electron chi connectivity index (χ4n) is 11.8. The van der Waals surface area contributed by atoms with E-state index < -0.39 is 0 Å². The molecule has 0 fully saturated rings. The summed E-state index contributed by atoms with van der Waals surface area (Å²) in [6, 6.07) is 0. The summed E-state index contributed by atoms with van der Waals surface area (Å²) in [5.74, 6) is 0. The lowest BCUT2D eigenvalue weighted by Crippen LogP contribution is -2.07. The van der Waals surface area contributed by atoms with Crippen LogP contribution in [0.2, 0.25) is 0 Å². The van der Waals surface area contributed by atoms with E-state index >= 15 is 0 Å². The van der Waals surface area contributed by atoms with Gasteiger partial charge in [-0.1, -0.05) is 387 Å². The summed E-state index contributed by atoms with van der Waals surface area (Å²) in [6.45, 7) is 6.95. The minimum absolute atomic E-state index is 1.14. The molecule has 0 saturated carbocycles. The zero-order valence-corrected chi connectivity index (χ0v) is 50.4. The average molecular weight is 1000 g/mol. The summed E-state index contributed by atoms with van der Waals surface area (Å²) in [6.07, 6.45) is 93.1. The first kappa shape index (κ1) is 69.1. The Bertz CT molecular complexity index is 1070.